The van der Waals surface area contributed by atoms with Crippen LogP contribution in [0.1, 0.15) is 5.56 Å². The van der Waals surface area contributed by atoms with E-state index in [9.17, 15) is 0 Å². The Morgan fingerprint density at radius 1 is 1.50 bits per heavy atom. The zero-order valence-corrected chi connectivity index (χ0v) is 9.49. The third-order valence-corrected chi connectivity index (χ3v) is 2.47. The van der Waals surface area contributed by atoms with Gasteiger partial charge in [-0.2, -0.15) is 0 Å². The highest BCUT2D eigenvalue weighted by atomic mass is 35.5. The van der Waals surface area contributed by atoms with Crippen molar-refractivity contribution < 1.29 is 9.26 Å². The van der Waals surface area contributed by atoms with Crippen molar-refractivity contribution in [3.05, 3.63) is 41.2 Å². The first kappa shape index (κ1) is 10.8. The standard InChI is InChI=1S/C11H11ClN2O2/c1-15-9-2-3-10(12)11(4-9)13-5-8-6-14-16-7-8/h2-4,6-7,13H,5H2,1H3. The van der Waals surface area contributed by atoms with Gasteiger partial charge in [0.05, 0.1) is 24.0 Å². The van der Waals surface area contributed by atoms with Crippen LogP contribution in [-0.2, 0) is 6.54 Å². The summed E-state index contributed by atoms with van der Waals surface area (Å²) in [6.45, 7) is 0.608. The number of anilines is 1. The largest absolute Gasteiger partial charge is 0.497 e. The van der Waals surface area contributed by atoms with Crippen molar-refractivity contribution in [2.45, 2.75) is 6.54 Å². The molecule has 1 N–H and O–H groups in total. The quantitative estimate of drug-likeness (QED) is 0.890. The van der Waals surface area contributed by atoms with E-state index in [4.69, 9.17) is 20.9 Å². The number of hydrogen-bond acceptors (Lipinski definition) is 4. The first-order valence-electron chi connectivity index (χ1n) is 4.75. The first-order valence-corrected chi connectivity index (χ1v) is 5.13. The van der Waals surface area contributed by atoms with E-state index in [1.807, 2.05) is 12.1 Å². The van der Waals surface area contributed by atoms with Crippen LogP contribution in [0.15, 0.2) is 35.2 Å². The van der Waals surface area contributed by atoms with Crippen molar-refractivity contribution in [1.29, 1.82) is 0 Å². The zero-order chi connectivity index (χ0) is 11.4. The van der Waals surface area contributed by atoms with Gasteiger partial charge in [-0.15, -0.1) is 0 Å². The number of rotatable bonds is 4. The molecule has 0 atom stereocenters. The van der Waals surface area contributed by atoms with Crippen LogP contribution in [0.5, 0.6) is 5.75 Å². The maximum Gasteiger partial charge on any atom is 0.128 e. The van der Waals surface area contributed by atoms with Gasteiger partial charge in [0.15, 0.2) is 0 Å². The Kier molecular flexibility index (Phi) is 3.31. The lowest BCUT2D eigenvalue weighted by molar-refractivity contribution is 0.415. The number of nitrogens with one attached hydrogen (secondary N) is 1. The molecule has 0 aliphatic rings. The monoisotopic (exact) mass is 238 g/mol. The first-order chi connectivity index (χ1) is 7.79. The third-order valence-electron chi connectivity index (χ3n) is 2.14. The predicted molar refractivity (Wildman–Crippen MR) is 61.8 cm³/mol. The summed E-state index contributed by atoms with van der Waals surface area (Å²) in [5, 5.41) is 7.45. The number of nitrogens with zero attached hydrogens (tertiary/aromatic N) is 1. The summed E-state index contributed by atoms with van der Waals surface area (Å²) in [7, 11) is 1.62. The molecule has 0 fully saturated rings. The number of hydrogen-bond donors (Lipinski definition) is 1. The number of methoxy groups -OCH3 is 1. The molecule has 4 nitrogen and oxygen atoms in total. The van der Waals surface area contributed by atoms with Gasteiger partial charge in [-0.05, 0) is 12.1 Å². The van der Waals surface area contributed by atoms with Crippen molar-refractivity contribution in [2.24, 2.45) is 0 Å². The van der Waals surface area contributed by atoms with Crippen LogP contribution in [0.3, 0.4) is 0 Å². The molecule has 1 heterocycles. The van der Waals surface area contributed by atoms with Crippen LogP contribution in [0, 0.1) is 0 Å². The molecule has 2 rings (SSSR count). The van der Waals surface area contributed by atoms with Gasteiger partial charge in [0.25, 0.3) is 0 Å². The second kappa shape index (κ2) is 4.90. The lowest BCUT2D eigenvalue weighted by atomic mass is 10.3. The van der Waals surface area contributed by atoms with Crippen LogP contribution in [0.25, 0.3) is 0 Å². The molecule has 0 radical (unpaired) electrons. The fraction of sp³-hybridized carbons (Fsp3) is 0.182. The van der Waals surface area contributed by atoms with Gasteiger partial charge >= 0.3 is 0 Å². The van der Waals surface area contributed by atoms with Crippen molar-refractivity contribution >= 4 is 17.3 Å². The molecule has 16 heavy (non-hydrogen) atoms. The molecule has 2 aromatic rings. The second-order valence-electron chi connectivity index (χ2n) is 3.23. The number of ether oxygens (including phenoxy) is 1. The minimum atomic E-state index is 0.608. The van der Waals surface area contributed by atoms with E-state index in [0.29, 0.717) is 11.6 Å². The lowest BCUT2D eigenvalue weighted by Crippen LogP contribution is -1.99. The molecule has 0 saturated heterocycles. The van der Waals surface area contributed by atoms with E-state index in [1.165, 1.54) is 0 Å². The lowest BCUT2D eigenvalue weighted by Gasteiger charge is -2.08. The predicted octanol–water partition coefficient (Wildman–Crippen LogP) is 2.95. The average molecular weight is 239 g/mol. The smallest absolute Gasteiger partial charge is 0.128 e. The fourth-order valence-electron chi connectivity index (χ4n) is 1.28. The van der Waals surface area contributed by atoms with E-state index in [-0.39, 0.29) is 0 Å². The van der Waals surface area contributed by atoms with Gasteiger partial charge in [0.2, 0.25) is 0 Å². The van der Waals surface area contributed by atoms with Gasteiger partial charge in [-0.1, -0.05) is 16.8 Å². The van der Waals surface area contributed by atoms with Crippen LogP contribution < -0.4 is 10.1 Å². The number of halogens is 1. The second-order valence-corrected chi connectivity index (χ2v) is 3.64. The third kappa shape index (κ3) is 2.46. The van der Waals surface area contributed by atoms with Crippen LogP contribution >= 0.6 is 11.6 Å². The molecule has 0 spiro atoms. The molecule has 0 unspecified atom stereocenters. The van der Waals surface area contributed by atoms with E-state index in [0.717, 1.165) is 17.0 Å². The molecule has 0 aliphatic heterocycles. The summed E-state index contributed by atoms with van der Waals surface area (Å²) < 4.78 is 9.85. The molecule has 0 saturated carbocycles. The van der Waals surface area contributed by atoms with Crippen molar-refractivity contribution in [3.63, 3.8) is 0 Å². The van der Waals surface area contributed by atoms with E-state index in [1.54, 1.807) is 25.6 Å². The molecule has 1 aromatic carbocycles. The van der Waals surface area contributed by atoms with Crippen LogP contribution in [0.2, 0.25) is 5.02 Å². The minimum absolute atomic E-state index is 0.608. The van der Waals surface area contributed by atoms with Gasteiger partial charge in [-0.25, -0.2) is 0 Å². The van der Waals surface area contributed by atoms with E-state index < -0.39 is 0 Å². The van der Waals surface area contributed by atoms with Crippen molar-refractivity contribution in [3.8, 4) is 5.75 Å². The molecule has 1 aromatic heterocycles. The highest BCUT2D eigenvalue weighted by molar-refractivity contribution is 6.33. The number of aromatic nitrogens is 1. The molecular formula is C11H11ClN2O2. The molecular weight excluding hydrogens is 228 g/mol. The summed E-state index contributed by atoms with van der Waals surface area (Å²) in [5.74, 6) is 0.761. The Hall–Kier alpha value is -1.68. The Labute approximate surface area is 98.2 Å². The summed E-state index contributed by atoms with van der Waals surface area (Å²) in [4.78, 5) is 0. The zero-order valence-electron chi connectivity index (χ0n) is 8.74. The topological polar surface area (TPSA) is 47.3 Å². The number of benzene rings is 1. The van der Waals surface area contributed by atoms with Gasteiger partial charge in [0, 0.05) is 18.2 Å². The Morgan fingerprint density at radius 3 is 3.06 bits per heavy atom. The van der Waals surface area contributed by atoms with E-state index in [2.05, 4.69) is 10.5 Å². The fourth-order valence-corrected chi connectivity index (χ4v) is 1.46. The summed E-state index contributed by atoms with van der Waals surface area (Å²) in [6.07, 6.45) is 3.24. The highest BCUT2D eigenvalue weighted by Crippen LogP contribution is 2.26. The van der Waals surface area contributed by atoms with Crippen molar-refractivity contribution in [2.75, 3.05) is 12.4 Å². The highest BCUT2D eigenvalue weighted by Gasteiger charge is 2.03. The molecule has 84 valence electrons. The summed E-state index contributed by atoms with van der Waals surface area (Å²) in [6, 6.07) is 5.44. The summed E-state index contributed by atoms with van der Waals surface area (Å²) >= 11 is 6.04. The minimum Gasteiger partial charge on any atom is -0.497 e. The van der Waals surface area contributed by atoms with Crippen molar-refractivity contribution in [1.82, 2.24) is 5.16 Å². The Morgan fingerprint density at radius 2 is 2.38 bits per heavy atom. The SMILES string of the molecule is COc1ccc(Cl)c(NCc2cnoc2)c1. The van der Waals surface area contributed by atoms with Gasteiger partial charge in [0.1, 0.15) is 12.0 Å². The van der Waals surface area contributed by atoms with Gasteiger partial charge in [-0.3, -0.25) is 0 Å². The van der Waals surface area contributed by atoms with E-state index >= 15 is 0 Å². The average Bonchev–Trinajstić information content (AvgIpc) is 2.81. The van der Waals surface area contributed by atoms with Crippen LogP contribution in [-0.4, -0.2) is 12.3 Å². The summed E-state index contributed by atoms with van der Waals surface area (Å²) in [5.41, 5.74) is 1.78. The molecule has 0 amide bonds. The normalized spacial score (nSPS) is 10.1. The maximum absolute atomic E-state index is 6.04. The maximum atomic E-state index is 6.04. The van der Waals surface area contributed by atoms with Gasteiger partial charge < -0.3 is 14.6 Å². The Bertz CT molecular complexity index is 457. The molecule has 0 aliphatic carbocycles. The van der Waals surface area contributed by atoms with Crippen LogP contribution in [0.4, 0.5) is 5.69 Å². The molecule has 0 bridgehead atoms. The molecule has 5 heteroatoms. The Balaban J connectivity index is 2.08.